The van der Waals surface area contributed by atoms with Gasteiger partial charge in [0.1, 0.15) is 18.1 Å². The maximum atomic E-state index is 11.6. The smallest absolute Gasteiger partial charge is 0.351 e. The van der Waals surface area contributed by atoms with E-state index in [2.05, 4.69) is 4.98 Å². The van der Waals surface area contributed by atoms with E-state index < -0.39 is 32.4 Å². The lowest BCUT2D eigenvalue weighted by atomic mass is 10.2. The van der Waals surface area contributed by atoms with Crippen LogP contribution in [0, 0.1) is 0 Å². The number of nitrogens with two attached hydrogens (primary N) is 1. The average Bonchev–Trinajstić information content (AvgIpc) is 2.71. The van der Waals surface area contributed by atoms with Crippen LogP contribution in [-0.2, 0) is 13.8 Å². The molecule has 2 unspecified atom stereocenters. The second-order valence-electron chi connectivity index (χ2n) is 4.01. The molecule has 4 atom stereocenters. The summed E-state index contributed by atoms with van der Waals surface area (Å²) in [6.45, 7) is -0.381. The largest absolute Gasteiger partial charge is 0.394 e. The maximum Gasteiger partial charge on any atom is 0.351 e. The van der Waals surface area contributed by atoms with Crippen molar-refractivity contribution in [2.75, 3.05) is 12.3 Å². The van der Waals surface area contributed by atoms with Crippen molar-refractivity contribution >= 4 is 14.1 Å². The Morgan fingerprint density at radius 3 is 3.00 bits per heavy atom. The van der Waals surface area contributed by atoms with Gasteiger partial charge in [0.2, 0.25) is 0 Å². The van der Waals surface area contributed by atoms with E-state index >= 15 is 0 Å². The third kappa shape index (κ3) is 3.20. The molecule has 10 heteroatoms. The summed E-state index contributed by atoms with van der Waals surface area (Å²) in [5.41, 5.74) is 4.77. The van der Waals surface area contributed by atoms with Crippen LogP contribution in [-0.4, -0.2) is 38.4 Å². The number of aliphatic hydroxyl groups is 1. The molecule has 1 aliphatic heterocycles. The molecule has 4 N–H and O–H groups in total. The first-order valence-electron chi connectivity index (χ1n) is 5.52. The number of hydrogen-bond donors (Lipinski definition) is 3. The summed E-state index contributed by atoms with van der Waals surface area (Å²) >= 11 is 0. The number of nitrogens with zero attached hydrogens (tertiary/aromatic N) is 2. The fourth-order valence-electron chi connectivity index (χ4n) is 1.93. The van der Waals surface area contributed by atoms with Crippen LogP contribution in [0.3, 0.4) is 0 Å². The van der Waals surface area contributed by atoms with Crippen LogP contribution in [0.1, 0.15) is 12.6 Å². The molecule has 9 nitrogen and oxygen atoms in total. The lowest BCUT2D eigenvalue weighted by Crippen LogP contribution is -2.28. The Kier molecular flexibility index (Phi) is 4.33. The zero-order chi connectivity index (χ0) is 14.0. The minimum atomic E-state index is -3.15. The fourth-order valence-corrected chi connectivity index (χ4v) is 2.44. The molecule has 2 rings (SSSR count). The van der Waals surface area contributed by atoms with E-state index in [-0.39, 0.29) is 18.8 Å². The standard InChI is InChI=1S/C9H14N3O6P/c10-7-1-2-12(9(14)11-7)8-3-5(18-19(15)16)6(4-13)17-8/h1-2,5-6,8,13,19H,3-4H2,(H,15,16)(H2,10,11,14)/t5?,6-,8-/m1/s1. The van der Waals surface area contributed by atoms with E-state index in [4.69, 9.17) is 25.0 Å². The van der Waals surface area contributed by atoms with Crippen molar-refractivity contribution in [2.45, 2.75) is 24.9 Å². The first-order chi connectivity index (χ1) is 9.01. The lowest BCUT2D eigenvalue weighted by Gasteiger charge is -2.14. The first-order valence-corrected chi connectivity index (χ1v) is 6.78. The number of rotatable bonds is 4. The van der Waals surface area contributed by atoms with E-state index in [1.807, 2.05) is 0 Å². The summed E-state index contributed by atoms with van der Waals surface area (Å²) < 4.78 is 22.1. The van der Waals surface area contributed by atoms with Gasteiger partial charge in [-0.15, -0.1) is 0 Å². The Hall–Kier alpha value is -1.25. The Morgan fingerprint density at radius 1 is 1.68 bits per heavy atom. The monoisotopic (exact) mass is 291 g/mol. The maximum absolute atomic E-state index is 11.6. The van der Waals surface area contributed by atoms with Gasteiger partial charge in [0, 0.05) is 12.6 Å². The van der Waals surface area contributed by atoms with Gasteiger partial charge in [-0.05, 0) is 6.07 Å². The van der Waals surface area contributed by atoms with Crippen LogP contribution < -0.4 is 11.4 Å². The highest BCUT2D eigenvalue weighted by molar-refractivity contribution is 7.32. The molecule has 1 fully saturated rings. The van der Waals surface area contributed by atoms with Crippen LogP contribution in [0.15, 0.2) is 17.1 Å². The summed E-state index contributed by atoms with van der Waals surface area (Å²) in [5.74, 6) is 0.0890. The van der Waals surface area contributed by atoms with Gasteiger partial charge in [-0.2, -0.15) is 4.98 Å². The van der Waals surface area contributed by atoms with Crippen LogP contribution in [0.5, 0.6) is 0 Å². The van der Waals surface area contributed by atoms with Gasteiger partial charge in [-0.1, -0.05) is 0 Å². The number of hydrogen-bond acceptors (Lipinski definition) is 7. The Balaban J connectivity index is 2.19. The van der Waals surface area contributed by atoms with Crippen molar-refractivity contribution in [3.63, 3.8) is 0 Å². The molecule has 0 spiro atoms. The molecular formula is C9H14N3O6P. The van der Waals surface area contributed by atoms with Gasteiger partial charge in [0.05, 0.1) is 12.7 Å². The summed E-state index contributed by atoms with van der Waals surface area (Å²) in [6, 6.07) is 1.43. The second kappa shape index (κ2) is 5.81. The molecule has 0 aromatic carbocycles. The first kappa shape index (κ1) is 14.2. The van der Waals surface area contributed by atoms with Gasteiger partial charge < -0.3 is 25.0 Å². The average molecular weight is 291 g/mol. The summed E-state index contributed by atoms with van der Waals surface area (Å²) in [4.78, 5) is 24.0. The highest BCUT2D eigenvalue weighted by Gasteiger charge is 2.38. The Labute approximate surface area is 108 Å². The van der Waals surface area contributed by atoms with Crippen molar-refractivity contribution < 1.29 is 23.8 Å². The van der Waals surface area contributed by atoms with Crippen LogP contribution in [0.25, 0.3) is 0 Å². The number of aromatic nitrogens is 2. The molecule has 1 aliphatic rings. The van der Waals surface area contributed by atoms with Crippen molar-refractivity contribution in [1.82, 2.24) is 9.55 Å². The van der Waals surface area contributed by atoms with Crippen LogP contribution in [0.4, 0.5) is 5.82 Å². The van der Waals surface area contributed by atoms with Crippen LogP contribution in [0.2, 0.25) is 0 Å². The van der Waals surface area contributed by atoms with Crippen molar-refractivity contribution in [3.8, 4) is 0 Å². The third-order valence-corrected chi connectivity index (χ3v) is 3.28. The highest BCUT2D eigenvalue weighted by Crippen LogP contribution is 2.34. The van der Waals surface area contributed by atoms with Crippen molar-refractivity contribution in [3.05, 3.63) is 22.7 Å². The zero-order valence-corrected chi connectivity index (χ0v) is 10.8. The van der Waals surface area contributed by atoms with Gasteiger partial charge in [-0.25, -0.2) is 4.79 Å². The molecule has 0 saturated carbocycles. The Morgan fingerprint density at radius 2 is 2.42 bits per heavy atom. The molecular weight excluding hydrogens is 277 g/mol. The molecule has 1 aromatic rings. The predicted octanol–water partition coefficient (Wildman–Crippen LogP) is -1.13. The van der Waals surface area contributed by atoms with E-state index in [0.717, 1.165) is 0 Å². The van der Waals surface area contributed by atoms with E-state index in [0.29, 0.717) is 0 Å². The van der Waals surface area contributed by atoms with Gasteiger partial charge in [0.25, 0.3) is 0 Å². The molecule has 1 aromatic heterocycles. The molecule has 0 bridgehead atoms. The molecule has 1 saturated heterocycles. The van der Waals surface area contributed by atoms with Gasteiger partial charge in [0.15, 0.2) is 0 Å². The summed E-state index contributed by atoms with van der Waals surface area (Å²) in [5, 5.41) is 9.13. The second-order valence-corrected chi connectivity index (χ2v) is 4.78. The molecule has 0 radical (unpaired) electrons. The minimum absolute atomic E-state index is 0.0890. The SMILES string of the molecule is Nc1ccn([C@H]2CC(O[PH](=O)O)[C@@H](CO)O2)c(=O)n1. The molecule has 0 aliphatic carbocycles. The zero-order valence-electron chi connectivity index (χ0n) is 9.80. The molecule has 2 heterocycles. The highest BCUT2D eigenvalue weighted by atomic mass is 31.1. The molecule has 106 valence electrons. The predicted molar refractivity (Wildman–Crippen MR) is 64.6 cm³/mol. The van der Waals surface area contributed by atoms with Gasteiger partial charge in [-0.3, -0.25) is 9.13 Å². The van der Waals surface area contributed by atoms with Crippen LogP contribution >= 0.6 is 8.25 Å². The van der Waals surface area contributed by atoms with E-state index in [9.17, 15) is 9.36 Å². The normalized spacial score (nSPS) is 28.4. The minimum Gasteiger partial charge on any atom is -0.394 e. The van der Waals surface area contributed by atoms with Crippen molar-refractivity contribution in [1.29, 1.82) is 0 Å². The third-order valence-electron chi connectivity index (χ3n) is 2.77. The fraction of sp³-hybridized carbons (Fsp3) is 0.556. The van der Waals surface area contributed by atoms with Crippen molar-refractivity contribution in [2.24, 2.45) is 0 Å². The number of anilines is 1. The quantitative estimate of drug-likeness (QED) is 0.593. The Bertz CT molecular complexity index is 535. The van der Waals surface area contributed by atoms with Gasteiger partial charge >= 0.3 is 13.9 Å². The van der Waals surface area contributed by atoms with E-state index in [1.54, 1.807) is 0 Å². The topological polar surface area (TPSA) is 137 Å². The molecule has 19 heavy (non-hydrogen) atoms. The molecule has 0 amide bonds. The summed E-state index contributed by atoms with van der Waals surface area (Å²) in [7, 11) is -3.15. The van der Waals surface area contributed by atoms with E-state index in [1.165, 1.54) is 16.8 Å². The summed E-state index contributed by atoms with van der Waals surface area (Å²) in [6.07, 6.45) is -0.669. The lowest BCUT2D eigenvalue weighted by molar-refractivity contribution is -0.0423. The number of ether oxygens (including phenoxy) is 1. The number of aliphatic hydroxyl groups excluding tert-OH is 1. The number of nitrogen functional groups attached to an aromatic ring is 1.